The van der Waals surface area contributed by atoms with Gasteiger partial charge in [-0.15, -0.1) is 0 Å². The Hall–Kier alpha value is -2.96. The van der Waals surface area contributed by atoms with Crippen molar-refractivity contribution in [2.24, 2.45) is 0 Å². The van der Waals surface area contributed by atoms with Crippen LogP contribution in [0.5, 0.6) is 0 Å². The third kappa shape index (κ3) is 7.04. The second kappa shape index (κ2) is 11.1. The van der Waals surface area contributed by atoms with Crippen molar-refractivity contribution in [3.05, 3.63) is 107 Å². The quantitative estimate of drug-likeness (QED) is 0.482. The van der Waals surface area contributed by atoms with Crippen LogP contribution in [0.15, 0.2) is 84.9 Å². The molecule has 0 aromatic heterocycles. The van der Waals surface area contributed by atoms with Gasteiger partial charge in [0.15, 0.2) is 0 Å². The molecule has 0 fully saturated rings. The Morgan fingerprint density at radius 3 is 1.81 bits per heavy atom. The fourth-order valence-electron chi connectivity index (χ4n) is 3.73. The predicted molar refractivity (Wildman–Crippen MR) is 129 cm³/mol. The molecular formula is C26H30N2O3S. The van der Waals surface area contributed by atoms with E-state index in [1.165, 1.54) is 0 Å². The zero-order valence-electron chi connectivity index (χ0n) is 18.5. The van der Waals surface area contributed by atoms with E-state index in [0.29, 0.717) is 12.0 Å². The molecule has 0 bridgehead atoms. The van der Waals surface area contributed by atoms with Crippen LogP contribution < -0.4 is 10.0 Å². The second-order valence-electron chi connectivity index (χ2n) is 8.16. The lowest BCUT2D eigenvalue weighted by Gasteiger charge is -2.18. The van der Waals surface area contributed by atoms with Gasteiger partial charge in [-0.2, -0.15) is 0 Å². The molecule has 3 aromatic carbocycles. The van der Waals surface area contributed by atoms with Gasteiger partial charge < -0.3 is 5.32 Å². The molecule has 0 saturated carbocycles. The predicted octanol–water partition coefficient (Wildman–Crippen LogP) is 4.35. The summed E-state index contributed by atoms with van der Waals surface area (Å²) in [5.74, 6) is -0.252. The minimum atomic E-state index is -3.45. The van der Waals surface area contributed by atoms with Crippen LogP contribution in [-0.2, 0) is 27.1 Å². The minimum Gasteiger partial charge on any atom is -0.352 e. The second-order valence-corrected chi connectivity index (χ2v) is 9.91. The maximum absolute atomic E-state index is 12.9. The average Bonchev–Trinajstić information content (AvgIpc) is 2.77. The summed E-state index contributed by atoms with van der Waals surface area (Å²) in [5.41, 5.74) is 3.65. The third-order valence-electron chi connectivity index (χ3n) is 5.15. The molecule has 32 heavy (non-hydrogen) atoms. The first-order valence-corrected chi connectivity index (χ1v) is 12.4. The molecule has 0 aliphatic carbocycles. The third-order valence-corrected chi connectivity index (χ3v) is 6.67. The lowest BCUT2D eigenvalue weighted by molar-refractivity contribution is -0.121. The summed E-state index contributed by atoms with van der Waals surface area (Å²) < 4.78 is 27.3. The van der Waals surface area contributed by atoms with Crippen molar-refractivity contribution < 1.29 is 13.2 Å². The van der Waals surface area contributed by atoms with Gasteiger partial charge in [0.05, 0.1) is 5.75 Å². The standard InChI is InChI=1S/C26H30N2O3S/c1-20(2)28-32(30,31)19-24-16-10-9-15-23(24)18-27-26(29)17-25(21-11-5-3-6-12-21)22-13-7-4-8-14-22/h3-16,20,25,28H,17-19H2,1-2H3,(H,27,29). The molecule has 3 aromatic rings. The van der Waals surface area contributed by atoms with Crippen LogP contribution in [-0.4, -0.2) is 20.4 Å². The molecule has 0 heterocycles. The maximum Gasteiger partial charge on any atom is 0.221 e. The van der Waals surface area contributed by atoms with Crippen molar-refractivity contribution in [2.75, 3.05) is 0 Å². The van der Waals surface area contributed by atoms with Gasteiger partial charge in [-0.3, -0.25) is 4.79 Å². The summed E-state index contributed by atoms with van der Waals surface area (Å²) in [7, 11) is -3.45. The first-order chi connectivity index (χ1) is 15.3. The average molecular weight is 451 g/mol. The highest BCUT2D eigenvalue weighted by molar-refractivity contribution is 7.88. The van der Waals surface area contributed by atoms with Crippen LogP contribution in [0.25, 0.3) is 0 Å². The van der Waals surface area contributed by atoms with Gasteiger partial charge >= 0.3 is 0 Å². The fraction of sp³-hybridized carbons (Fsp3) is 0.269. The lowest BCUT2D eigenvalue weighted by atomic mass is 9.88. The number of nitrogens with one attached hydrogen (secondary N) is 2. The Morgan fingerprint density at radius 2 is 1.28 bits per heavy atom. The Kier molecular flexibility index (Phi) is 8.20. The maximum atomic E-state index is 12.9. The molecule has 0 radical (unpaired) electrons. The van der Waals surface area contributed by atoms with Crippen molar-refractivity contribution in [1.82, 2.24) is 10.0 Å². The SMILES string of the molecule is CC(C)NS(=O)(=O)Cc1ccccc1CNC(=O)CC(c1ccccc1)c1ccccc1. The van der Waals surface area contributed by atoms with Crippen LogP contribution >= 0.6 is 0 Å². The van der Waals surface area contributed by atoms with Crippen molar-refractivity contribution in [2.45, 2.75) is 44.5 Å². The number of carbonyl (C=O) groups is 1. The summed E-state index contributed by atoms with van der Waals surface area (Å²) >= 11 is 0. The molecule has 3 rings (SSSR count). The Labute approximate surface area is 190 Å². The fourth-order valence-corrected chi connectivity index (χ4v) is 5.22. The molecule has 2 N–H and O–H groups in total. The summed E-state index contributed by atoms with van der Waals surface area (Å²) in [6, 6.07) is 27.1. The zero-order valence-corrected chi connectivity index (χ0v) is 19.3. The molecule has 0 aliphatic heterocycles. The van der Waals surface area contributed by atoms with E-state index >= 15 is 0 Å². The Bertz CT molecular complexity index is 1070. The number of amides is 1. The van der Waals surface area contributed by atoms with E-state index in [-0.39, 0.29) is 30.2 Å². The summed E-state index contributed by atoms with van der Waals surface area (Å²) in [5, 5.41) is 2.98. The summed E-state index contributed by atoms with van der Waals surface area (Å²) in [6.07, 6.45) is 0.309. The van der Waals surface area contributed by atoms with Crippen LogP contribution in [0.3, 0.4) is 0 Å². The van der Waals surface area contributed by atoms with Gasteiger partial charge in [-0.1, -0.05) is 84.9 Å². The van der Waals surface area contributed by atoms with Crippen LogP contribution in [0, 0.1) is 0 Å². The number of rotatable bonds is 10. The minimum absolute atomic E-state index is 0.0525. The van der Waals surface area contributed by atoms with Gasteiger partial charge in [-0.05, 0) is 36.1 Å². The molecule has 0 saturated heterocycles. The number of carbonyl (C=O) groups excluding carboxylic acids is 1. The first-order valence-electron chi connectivity index (χ1n) is 10.8. The van der Waals surface area contributed by atoms with E-state index in [9.17, 15) is 13.2 Å². The van der Waals surface area contributed by atoms with Crippen molar-refractivity contribution >= 4 is 15.9 Å². The Morgan fingerprint density at radius 1 is 0.781 bits per heavy atom. The van der Waals surface area contributed by atoms with E-state index < -0.39 is 10.0 Å². The monoisotopic (exact) mass is 450 g/mol. The van der Waals surface area contributed by atoms with Crippen LogP contribution in [0.2, 0.25) is 0 Å². The molecule has 168 valence electrons. The van der Waals surface area contributed by atoms with E-state index in [4.69, 9.17) is 0 Å². The normalized spacial score (nSPS) is 11.6. The summed E-state index contributed by atoms with van der Waals surface area (Å²) in [4.78, 5) is 12.9. The molecule has 5 nitrogen and oxygen atoms in total. The lowest BCUT2D eigenvalue weighted by Crippen LogP contribution is -2.32. The highest BCUT2D eigenvalue weighted by atomic mass is 32.2. The van der Waals surface area contributed by atoms with Gasteiger partial charge in [0.2, 0.25) is 15.9 Å². The highest BCUT2D eigenvalue weighted by Crippen LogP contribution is 2.27. The largest absolute Gasteiger partial charge is 0.352 e. The van der Waals surface area contributed by atoms with Gasteiger partial charge in [0, 0.05) is 24.9 Å². The zero-order chi connectivity index (χ0) is 23.0. The van der Waals surface area contributed by atoms with Crippen molar-refractivity contribution in [1.29, 1.82) is 0 Å². The summed E-state index contributed by atoms with van der Waals surface area (Å²) in [6.45, 7) is 3.86. The smallest absolute Gasteiger partial charge is 0.221 e. The van der Waals surface area contributed by atoms with Crippen LogP contribution in [0.4, 0.5) is 0 Å². The number of benzene rings is 3. The Balaban J connectivity index is 1.70. The molecule has 1 amide bonds. The molecule has 0 atom stereocenters. The number of hydrogen-bond acceptors (Lipinski definition) is 3. The molecular weight excluding hydrogens is 420 g/mol. The number of hydrogen-bond donors (Lipinski definition) is 2. The van der Waals surface area contributed by atoms with E-state index in [0.717, 1.165) is 16.7 Å². The van der Waals surface area contributed by atoms with Crippen molar-refractivity contribution in [3.63, 3.8) is 0 Å². The van der Waals surface area contributed by atoms with E-state index in [1.807, 2.05) is 78.9 Å². The number of sulfonamides is 1. The van der Waals surface area contributed by atoms with Gasteiger partial charge in [-0.25, -0.2) is 13.1 Å². The highest BCUT2D eigenvalue weighted by Gasteiger charge is 2.19. The van der Waals surface area contributed by atoms with Gasteiger partial charge in [0.25, 0.3) is 0 Å². The first kappa shape index (κ1) is 23.7. The molecule has 0 unspecified atom stereocenters. The van der Waals surface area contributed by atoms with Crippen molar-refractivity contribution in [3.8, 4) is 0 Å². The topological polar surface area (TPSA) is 75.3 Å². The van der Waals surface area contributed by atoms with Gasteiger partial charge in [0.1, 0.15) is 0 Å². The molecule has 6 heteroatoms. The van der Waals surface area contributed by atoms with E-state index in [1.54, 1.807) is 19.9 Å². The van der Waals surface area contributed by atoms with E-state index in [2.05, 4.69) is 10.0 Å². The molecule has 0 spiro atoms. The molecule has 0 aliphatic rings. The van der Waals surface area contributed by atoms with Crippen LogP contribution in [0.1, 0.15) is 48.4 Å².